The highest BCUT2D eigenvalue weighted by atomic mass is 19.1. The van der Waals surface area contributed by atoms with Crippen molar-refractivity contribution in [2.45, 2.75) is 25.4 Å². The number of carbonyl (C=O) groups is 2. The van der Waals surface area contributed by atoms with Gasteiger partial charge in [-0.2, -0.15) is 0 Å². The maximum Gasteiger partial charge on any atom is 0.251 e. The minimum atomic E-state index is -0.590. The standard InChI is InChI=1S/C21H24FN3O3/c22-18-4-2-1-3-16(18)13-24-20(26)15-5-7-17(8-6-15)25-21(27)19(23)14-9-11-28-12-10-14/h1-8,14,19H,9-13,23H2,(H,24,26)(H,25,27). The molecule has 1 saturated heterocycles. The highest BCUT2D eigenvalue weighted by molar-refractivity contribution is 5.97. The monoisotopic (exact) mass is 385 g/mol. The van der Waals surface area contributed by atoms with Crippen LogP contribution in [0.2, 0.25) is 0 Å². The van der Waals surface area contributed by atoms with Crippen molar-refractivity contribution in [1.29, 1.82) is 0 Å². The normalized spacial score (nSPS) is 15.6. The van der Waals surface area contributed by atoms with Gasteiger partial charge in [0.05, 0.1) is 6.04 Å². The fourth-order valence-electron chi connectivity index (χ4n) is 3.14. The summed E-state index contributed by atoms with van der Waals surface area (Å²) >= 11 is 0. The number of rotatable bonds is 6. The summed E-state index contributed by atoms with van der Waals surface area (Å²) in [6, 6.07) is 12.2. The Morgan fingerprint density at radius 2 is 1.79 bits per heavy atom. The van der Waals surface area contributed by atoms with Crippen LogP contribution in [0.4, 0.5) is 10.1 Å². The van der Waals surface area contributed by atoms with Gasteiger partial charge in [0.1, 0.15) is 5.82 Å². The van der Waals surface area contributed by atoms with E-state index in [2.05, 4.69) is 10.6 Å². The summed E-state index contributed by atoms with van der Waals surface area (Å²) in [5.74, 6) is -0.817. The summed E-state index contributed by atoms with van der Waals surface area (Å²) in [6.07, 6.45) is 1.55. The van der Waals surface area contributed by atoms with E-state index in [0.29, 0.717) is 30.0 Å². The predicted octanol–water partition coefficient (Wildman–Crippen LogP) is 2.45. The first kappa shape index (κ1) is 20.0. The molecule has 28 heavy (non-hydrogen) atoms. The van der Waals surface area contributed by atoms with Crippen LogP contribution in [-0.2, 0) is 16.1 Å². The fourth-order valence-corrected chi connectivity index (χ4v) is 3.14. The summed E-state index contributed by atoms with van der Waals surface area (Å²) < 4.78 is 18.9. The van der Waals surface area contributed by atoms with Crippen LogP contribution in [0.5, 0.6) is 0 Å². The van der Waals surface area contributed by atoms with E-state index in [4.69, 9.17) is 10.5 Å². The topological polar surface area (TPSA) is 93.5 Å². The smallest absolute Gasteiger partial charge is 0.251 e. The highest BCUT2D eigenvalue weighted by Gasteiger charge is 2.26. The Hall–Kier alpha value is -2.77. The Labute approximate surface area is 163 Å². The number of nitrogens with two attached hydrogens (primary N) is 1. The average Bonchev–Trinajstić information content (AvgIpc) is 2.73. The van der Waals surface area contributed by atoms with Gasteiger partial charge in [-0.3, -0.25) is 9.59 Å². The van der Waals surface area contributed by atoms with E-state index in [1.165, 1.54) is 6.07 Å². The number of carbonyl (C=O) groups excluding carboxylic acids is 2. The molecule has 1 heterocycles. The van der Waals surface area contributed by atoms with Crippen LogP contribution in [0, 0.1) is 11.7 Å². The van der Waals surface area contributed by atoms with Crippen molar-refractivity contribution >= 4 is 17.5 Å². The fraction of sp³-hybridized carbons (Fsp3) is 0.333. The number of nitrogens with one attached hydrogen (secondary N) is 2. The minimum Gasteiger partial charge on any atom is -0.381 e. The highest BCUT2D eigenvalue weighted by Crippen LogP contribution is 2.19. The van der Waals surface area contributed by atoms with Gasteiger partial charge < -0.3 is 21.1 Å². The van der Waals surface area contributed by atoms with Gasteiger partial charge in [-0.1, -0.05) is 18.2 Å². The third kappa shape index (κ3) is 5.15. The van der Waals surface area contributed by atoms with Crippen LogP contribution in [0.1, 0.15) is 28.8 Å². The van der Waals surface area contributed by atoms with E-state index in [0.717, 1.165) is 12.8 Å². The molecule has 4 N–H and O–H groups in total. The summed E-state index contributed by atoms with van der Waals surface area (Å²) in [6.45, 7) is 1.36. The van der Waals surface area contributed by atoms with Crippen LogP contribution in [-0.4, -0.2) is 31.1 Å². The quantitative estimate of drug-likeness (QED) is 0.712. The van der Waals surface area contributed by atoms with Gasteiger partial charge >= 0.3 is 0 Å². The van der Waals surface area contributed by atoms with Crippen LogP contribution >= 0.6 is 0 Å². The van der Waals surface area contributed by atoms with Crippen molar-refractivity contribution < 1.29 is 18.7 Å². The molecule has 0 saturated carbocycles. The van der Waals surface area contributed by atoms with E-state index in [-0.39, 0.29) is 30.1 Å². The Kier molecular flexibility index (Phi) is 6.73. The molecule has 0 spiro atoms. The zero-order valence-corrected chi connectivity index (χ0v) is 15.5. The summed E-state index contributed by atoms with van der Waals surface area (Å²) in [4.78, 5) is 24.6. The Balaban J connectivity index is 1.53. The molecule has 0 bridgehead atoms. The molecule has 2 aromatic rings. The van der Waals surface area contributed by atoms with E-state index in [1.807, 2.05) is 0 Å². The third-order valence-corrected chi connectivity index (χ3v) is 4.89. The molecule has 1 fully saturated rings. The first-order valence-corrected chi connectivity index (χ1v) is 9.30. The summed E-state index contributed by atoms with van der Waals surface area (Å²) in [5, 5.41) is 5.46. The molecule has 0 radical (unpaired) electrons. The average molecular weight is 385 g/mol. The molecule has 2 amide bonds. The maximum atomic E-state index is 13.6. The van der Waals surface area contributed by atoms with Crippen LogP contribution in [0.25, 0.3) is 0 Å². The maximum absolute atomic E-state index is 13.6. The van der Waals surface area contributed by atoms with Gasteiger partial charge in [-0.25, -0.2) is 4.39 Å². The molecule has 6 nitrogen and oxygen atoms in total. The molecule has 1 unspecified atom stereocenters. The van der Waals surface area contributed by atoms with E-state index < -0.39 is 6.04 Å². The number of halogens is 1. The molecule has 7 heteroatoms. The van der Waals surface area contributed by atoms with Crippen molar-refractivity contribution in [3.05, 3.63) is 65.5 Å². The molecule has 1 aliphatic rings. The largest absolute Gasteiger partial charge is 0.381 e. The zero-order valence-electron chi connectivity index (χ0n) is 15.5. The van der Waals surface area contributed by atoms with Gasteiger partial charge in [0.25, 0.3) is 5.91 Å². The van der Waals surface area contributed by atoms with Crippen molar-refractivity contribution in [2.75, 3.05) is 18.5 Å². The van der Waals surface area contributed by atoms with Gasteiger partial charge in [0.2, 0.25) is 5.91 Å². The predicted molar refractivity (Wildman–Crippen MR) is 104 cm³/mol. The Bertz CT molecular complexity index is 820. The Morgan fingerprint density at radius 1 is 1.11 bits per heavy atom. The zero-order chi connectivity index (χ0) is 19.9. The lowest BCUT2D eigenvalue weighted by molar-refractivity contribution is -0.119. The van der Waals surface area contributed by atoms with E-state index in [9.17, 15) is 14.0 Å². The Morgan fingerprint density at radius 3 is 2.46 bits per heavy atom. The van der Waals surface area contributed by atoms with Crippen LogP contribution in [0.3, 0.4) is 0 Å². The molecule has 3 rings (SSSR count). The summed E-state index contributed by atoms with van der Waals surface area (Å²) in [7, 11) is 0. The molecule has 0 aromatic heterocycles. The number of anilines is 1. The second-order valence-corrected chi connectivity index (χ2v) is 6.82. The lowest BCUT2D eigenvalue weighted by atomic mass is 9.92. The second-order valence-electron chi connectivity index (χ2n) is 6.82. The lowest BCUT2D eigenvalue weighted by Gasteiger charge is -2.26. The number of hydrogen-bond acceptors (Lipinski definition) is 4. The first-order valence-electron chi connectivity index (χ1n) is 9.30. The van der Waals surface area contributed by atoms with Gasteiger partial charge in [0.15, 0.2) is 0 Å². The van der Waals surface area contributed by atoms with Gasteiger partial charge in [-0.15, -0.1) is 0 Å². The third-order valence-electron chi connectivity index (χ3n) is 4.89. The molecular weight excluding hydrogens is 361 g/mol. The summed E-state index contributed by atoms with van der Waals surface area (Å²) in [5.41, 5.74) is 7.47. The molecule has 1 aliphatic heterocycles. The van der Waals surface area contributed by atoms with E-state index >= 15 is 0 Å². The lowest BCUT2D eigenvalue weighted by Crippen LogP contribution is -2.44. The van der Waals surface area contributed by atoms with Gasteiger partial charge in [0, 0.05) is 36.6 Å². The van der Waals surface area contributed by atoms with Crippen LogP contribution in [0.15, 0.2) is 48.5 Å². The minimum absolute atomic E-state index is 0.101. The van der Waals surface area contributed by atoms with Crippen LogP contribution < -0.4 is 16.4 Å². The molecule has 1 atom stereocenters. The SMILES string of the molecule is NC(C(=O)Nc1ccc(C(=O)NCc2ccccc2F)cc1)C1CCOCC1. The number of benzene rings is 2. The molecule has 148 valence electrons. The number of hydrogen-bond donors (Lipinski definition) is 3. The molecular formula is C21H24FN3O3. The van der Waals surface area contributed by atoms with Crippen molar-refractivity contribution in [3.63, 3.8) is 0 Å². The van der Waals surface area contributed by atoms with Crippen molar-refractivity contribution in [3.8, 4) is 0 Å². The number of ether oxygens (including phenoxy) is 1. The molecule has 2 aromatic carbocycles. The second kappa shape index (κ2) is 9.43. The van der Waals surface area contributed by atoms with Crippen molar-refractivity contribution in [2.24, 2.45) is 11.7 Å². The van der Waals surface area contributed by atoms with Gasteiger partial charge in [-0.05, 0) is 49.1 Å². The number of amides is 2. The van der Waals surface area contributed by atoms with E-state index in [1.54, 1.807) is 42.5 Å². The molecule has 0 aliphatic carbocycles. The van der Waals surface area contributed by atoms with Crippen molar-refractivity contribution in [1.82, 2.24) is 5.32 Å². The first-order chi connectivity index (χ1) is 13.5.